The highest BCUT2D eigenvalue weighted by atomic mass is 35.5. The molecule has 0 spiro atoms. The van der Waals surface area contributed by atoms with Gasteiger partial charge in [0.2, 0.25) is 0 Å². The van der Waals surface area contributed by atoms with Gasteiger partial charge in [0.25, 0.3) is 0 Å². The Morgan fingerprint density at radius 1 is 0.933 bits per heavy atom. The number of hydrogen-bond acceptors (Lipinski definition) is 4. The van der Waals surface area contributed by atoms with Crippen LogP contribution in [0.1, 0.15) is 28.7 Å². The van der Waals surface area contributed by atoms with Crippen LogP contribution in [0, 0.1) is 5.92 Å². The quantitative estimate of drug-likeness (QED) is 0.455. The van der Waals surface area contributed by atoms with E-state index in [4.69, 9.17) is 22.1 Å². The molecule has 4 rings (SSSR count). The van der Waals surface area contributed by atoms with Crippen molar-refractivity contribution in [3.8, 4) is 11.1 Å². The summed E-state index contributed by atoms with van der Waals surface area (Å²) in [7, 11) is 0. The molecule has 1 aliphatic rings. The summed E-state index contributed by atoms with van der Waals surface area (Å²) in [6.45, 7) is 0.0336. The van der Waals surface area contributed by atoms with Crippen LogP contribution in [0.15, 0.2) is 72.8 Å². The molecule has 0 saturated heterocycles. The van der Waals surface area contributed by atoms with Gasteiger partial charge in [-0.1, -0.05) is 78.3 Å². The van der Waals surface area contributed by atoms with E-state index >= 15 is 0 Å². The molecule has 0 aromatic heterocycles. The van der Waals surface area contributed by atoms with Gasteiger partial charge in [0.15, 0.2) is 5.92 Å². The largest absolute Gasteiger partial charge is 0.481 e. The van der Waals surface area contributed by atoms with E-state index in [1.54, 1.807) is 24.3 Å². The Bertz CT molecular complexity index is 1070. The van der Waals surface area contributed by atoms with Gasteiger partial charge in [-0.2, -0.15) is 0 Å². The summed E-state index contributed by atoms with van der Waals surface area (Å²) in [4.78, 5) is 24.6. The highest BCUT2D eigenvalue weighted by Gasteiger charge is 2.37. The standard InChI is InChI=1S/C24H20ClNO4/c25-20-12-6-5-11-18(20)22(26)21(23(27)28)24(29)30-13-19-16-9-3-1-7-14(16)15-8-2-4-10-17(15)19/h1-12,19,21-22H,13,26H2,(H,27,28)/t21-,22?/m0/s1. The summed E-state index contributed by atoms with van der Waals surface area (Å²) in [5, 5.41) is 9.96. The second-order valence-electron chi connectivity index (χ2n) is 7.22. The third-order valence-electron chi connectivity index (χ3n) is 5.50. The normalized spacial score (nSPS) is 14.5. The van der Waals surface area contributed by atoms with Crippen molar-refractivity contribution in [2.24, 2.45) is 11.7 Å². The van der Waals surface area contributed by atoms with Crippen LogP contribution in [0.3, 0.4) is 0 Å². The zero-order valence-electron chi connectivity index (χ0n) is 16.0. The summed E-state index contributed by atoms with van der Waals surface area (Å²) in [6, 6.07) is 21.4. The highest BCUT2D eigenvalue weighted by Crippen LogP contribution is 2.44. The number of fused-ring (bicyclic) bond motifs is 3. The monoisotopic (exact) mass is 421 g/mol. The van der Waals surface area contributed by atoms with Crippen molar-refractivity contribution in [2.45, 2.75) is 12.0 Å². The van der Waals surface area contributed by atoms with Gasteiger partial charge >= 0.3 is 11.9 Å². The van der Waals surface area contributed by atoms with Crippen LogP contribution in [-0.2, 0) is 14.3 Å². The lowest BCUT2D eigenvalue weighted by Gasteiger charge is -2.21. The second-order valence-corrected chi connectivity index (χ2v) is 7.63. The Morgan fingerprint density at radius 2 is 1.47 bits per heavy atom. The lowest BCUT2D eigenvalue weighted by atomic mass is 9.93. The van der Waals surface area contributed by atoms with Crippen LogP contribution in [0.5, 0.6) is 0 Å². The van der Waals surface area contributed by atoms with E-state index in [0.717, 1.165) is 22.3 Å². The van der Waals surface area contributed by atoms with E-state index in [2.05, 4.69) is 0 Å². The molecule has 3 N–H and O–H groups in total. The number of aliphatic carboxylic acids is 1. The molecule has 0 amide bonds. The second kappa shape index (κ2) is 8.30. The molecule has 1 aliphatic carbocycles. The Balaban J connectivity index is 1.56. The fraction of sp³-hybridized carbons (Fsp3) is 0.167. The predicted molar refractivity (Wildman–Crippen MR) is 114 cm³/mol. The lowest BCUT2D eigenvalue weighted by Crippen LogP contribution is -2.36. The van der Waals surface area contributed by atoms with Crippen LogP contribution in [0.2, 0.25) is 5.02 Å². The minimum absolute atomic E-state index is 0.0336. The molecule has 0 fully saturated rings. The van der Waals surface area contributed by atoms with E-state index in [0.29, 0.717) is 10.6 Å². The Labute approximate surface area is 179 Å². The highest BCUT2D eigenvalue weighted by molar-refractivity contribution is 6.31. The third kappa shape index (κ3) is 3.58. The number of carbonyl (C=O) groups is 2. The number of carboxylic acids is 1. The molecular weight excluding hydrogens is 402 g/mol. The first-order chi connectivity index (χ1) is 14.5. The van der Waals surface area contributed by atoms with E-state index in [-0.39, 0.29) is 12.5 Å². The van der Waals surface area contributed by atoms with Gasteiger partial charge in [-0.3, -0.25) is 9.59 Å². The van der Waals surface area contributed by atoms with Crippen LogP contribution < -0.4 is 5.73 Å². The van der Waals surface area contributed by atoms with Gasteiger partial charge in [-0.15, -0.1) is 0 Å². The van der Waals surface area contributed by atoms with Crippen molar-refractivity contribution in [2.75, 3.05) is 6.61 Å². The first-order valence-corrected chi connectivity index (χ1v) is 9.94. The Morgan fingerprint density at radius 3 is 2.03 bits per heavy atom. The van der Waals surface area contributed by atoms with Gasteiger partial charge in [-0.25, -0.2) is 0 Å². The molecule has 152 valence electrons. The summed E-state index contributed by atoms with van der Waals surface area (Å²) >= 11 is 6.14. The first-order valence-electron chi connectivity index (χ1n) is 9.56. The molecule has 30 heavy (non-hydrogen) atoms. The molecule has 0 heterocycles. The van der Waals surface area contributed by atoms with Gasteiger partial charge < -0.3 is 15.6 Å². The number of hydrogen-bond donors (Lipinski definition) is 2. The average Bonchev–Trinajstić information content (AvgIpc) is 3.06. The Kier molecular flexibility index (Phi) is 5.57. The molecular formula is C24H20ClNO4. The van der Waals surface area contributed by atoms with Crippen LogP contribution in [-0.4, -0.2) is 23.7 Å². The predicted octanol–water partition coefficient (Wildman–Crippen LogP) is 4.40. The smallest absolute Gasteiger partial charge is 0.322 e. The fourth-order valence-corrected chi connectivity index (χ4v) is 4.28. The van der Waals surface area contributed by atoms with Crippen LogP contribution in [0.25, 0.3) is 11.1 Å². The number of ether oxygens (including phenoxy) is 1. The zero-order valence-corrected chi connectivity index (χ0v) is 16.8. The van der Waals surface area contributed by atoms with Crippen molar-refractivity contribution >= 4 is 23.5 Å². The van der Waals surface area contributed by atoms with Gasteiger partial charge in [0.05, 0.1) is 6.04 Å². The minimum atomic E-state index is -1.56. The van der Waals surface area contributed by atoms with Gasteiger partial charge in [0.1, 0.15) is 6.61 Å². The van der Waals surface area contributed by atoms with Crippen molar-refractivity contribution < 1.29 is 19.4 Å². The lowest BCUT2D eigenvalue weighted by molar-refractivity contribution is -0.160. The SMILES string of the molecule is NC(c1ccccc1Cl)[C@@H](C(=O)O)C(=O)OCC1c2ccccc2-c2ccccc21. The average molecular weight is 422 g/mol. The molecule has 0 aliphatic heterocycles. The minimum Gasteiger partial charge on any atom is -0.481 e. The summed E-state index contributed by atoms with van der Waals surface area (Å²) in [6.07, 6.45) is 0. The maximum Gasteiger partial charge on any atom is 0.322 e. The number of esters is 1. The summed E-state index contributed by atoms with van der Waals surface area (Å²) in [5.74, 6) is -3.94. The van der Waals surface area contributed by atoms with Crippen LogP contribution >= 0.6 is 11.6 Å². The molecule has 3 aromatic rings. The molecule has 6 heteroatoms. The molecule has 0 bridgehead atoms. The number of benzene rings is 3. The van der Waals surface area contributed by atoms with Crippen LogP contribution in [0.4, 0.5) is 0 Å². The number of nitrogens with two attached hydrogens (primary N) is 1. The molecule has 0 radical (unpaired) electrons. The zero-order chi connectivity index (χ0) is 21.3. The van der Waals surface area contributed by atoms with E-state index in [1.807, 2.05) is 48.5 Å². The molecule has 3 aromatic carbocycles. The molecule has 0 saturated carbocycles. The summed E-state index contributed by atoms with van der Waals surface area (Å²) < 4.78 is 5.50. The van der Waals surface area contributed by atoms with Crippen molar-refractivity contribution in [3.05, 3.63) is 94.5 Å². The van der Waals surface area contributed by atoms with Crippen molar-refractivity contribution in [1.82, 2.24) is 0 Å². The molecule has 2 atom stereocenters. The number of carboxylic acid groups (broad SMARTS) is 1. The molecule has 1 unspecified atom stereocenters. The van der Waals surface area contributed by atoms with E-state index in [9.17, 15) is 14.7 Å². The first kappa shape index (κ1) is 20.1. The van der Waals surface area contributed by atoms with Gasteiger partial charge in [-0.05, 0) is 33.9 Å². The fourth-order valence-electron chi connectivity index (χ4n) is 4.02. The Hall–Kier alpha value is -3.15. The van der Waals surface area contributed by atoms with Crippen molar-refractivity contribution in [1.29, 1.82) is 0 Å². The van der Waals surface area contributed by atoms with E-state index < -0.39 is 23.9 Å². The van der Waals surface area contributed by atoms with Crippen molar-refractivity contribution in [3.63, 3.8) is 0 Å². The number of carbonyl (C=O) groups excluding carboxylic acids is 1. The maximum atomic E-state index is 12.8. The third-order valence-corrected chi connectivity index (χ3v) is 5.84. The number of halogens is 1. The maximum absolute atomic E-state index is 12.8. The number of rotatable bonds is 6. The topological polar surface area (TPSA) is 89.6 Å². The van der Waals surface area contributed by atoms with Gasteiger partial charge in [0, 0.05) is 10.9 Å². The molecule has 5 nitrogen and oxygen atoms in total. The summed E-state index contributed by atoms with van der Waals surface area (Å²) in [5.41, 5.74) is 10.8. The van der Waals surface area contributed by atoms with E-state index in [1.165, 1.54) is 0 Å².